The first-order valence-corrected chi connectivity index (χ1v) is 8.93. The van der Waals surface area contributed by atoms with Gasteiger partial charge in [0.15, 0.2) is 0 Å². The van der Waals surface area contributed by atoms with Crippen LogP contribution in [-0.2, 0) is 23.7 Å². The van der Waals surface area contributed by atoms with E-state index >= 15 is 0 Å². The fourth-order valence-electron chi connectivity index (χ4n) is 3.20. The van der Waals surface area contributed by atoms with Gasteiger partial charge < -0.3 is 9.67 Å². The SMILES string of the molecule is C#Cc1ccnc2c1c(/C=C(\C#N)C(=O)O)cn2Cc1cc(C(F)(F)F)cc(C(F)(F)F)c1. The predicted molar refractivity (Wildman–Crippen MR) is 104 cm³/mol. The smallest absolute Gasteiger partial charge is 0.416 e. The fraction of sp³-hybridized carbons (Fsp3) is 0.136. The molecular formula is C22H11F6N3O2. The number of aliphatic carboxylic acids is 1. The van der Waals surface area contributed by atoms with Crippen molar-refractivity contribution in [1.29, 1.82) is 5.26 Å². The topological polar surface area (TPSA) is 78.9 Å². The van der Waals surface area contributed by atoms with E-state index < -0.39 is 41.6 Å². The van der Waals surface area contributed by atoms with Crippen molar-refractivity contribution in [2.24, 2.45) is 0 Å². The summed E-state index contributed by atoms with van der Waals surface area (Å²) < 4.78 is 80.3. The normalized spacial score (nSPS) is 12.4. The van der Waals surface area contributed by atoms with Crippen LogP contribution in [-0.4, -0.2) is 20.6 Å². The van der Waals surface area contributed by atoms with E-state index in [-0.39, 0.29) is 33.8 Å². The third-order valence-electron chi connectivity index (χ3n) is 4.59. The number of fused-ring (bicyclic) bond motifs is 1. The Balaban J connectivity index is 2.24. The van der Waals surface area contributed by atoms with E-state index in [0.717, 1.165) is 6.08 Å². The second-order valence-electron chi connectivity index (χ2n) is 6.80. The van der Waals surface area contributed by atoms with Crippen molar-refractivity contribution in [3.63, 3.8) is 0 Å². The maximum absolute atomic E-state index is 13.2. The zero-order chi connectivity index (χ0) is 24.6. The highest BCUT2D eigenvalue weighted by Gasteiger charge is 2.37. The van der Waals surface area contributed by atoms with Gasteiger partial charge in [-0.25, -0.2) is 9.78 Å². The number of terminal acetylenes is 1. The molecule has 0 saturated carbocycles. The first-order chi connectivity index (χ1) is 15.3. The molecule has 3 aromatic rings. The Labute approximate surface area is 182 Å². The minimum Gasteiger partial charge on any atom is -0.477 e. The minimum absolute atomic E-state index is 0.0200. The molecule has 0 aliphatic carbocycles. The molecule has 3 rings (SSSR count). The van der Waals surface area contributed by atoms with E-state index in [2.05, 4.69) is 10.9 Å². The molecule has 0 atom stereocenters. The fourth-order valence-corrected chi connectivity index (χ4v) is 3.20. The van der Waals surface area contributed by atoms with Gasteiger partial charge in [-0.3, -0.25) is 0 Å². The van der Waals surface area contributed by atoms with E-state index in [0.29, 0.717) is 12.1 Å². The van der Waals surface area contributed by atoms with Crippen molar-refractivity contribution < 1.29 is 36.2 Å². The number of alkyl halides is 6. The first-order valence-electron chi connectivity index (χ1n) is 8.93. The van der Waals surface area contributed by atoms with Crippen LogP contribution in [0.3, 0.4) is 0 Å². The number of pyridine rings is 1. The van der Waals surface area contributed by atoms with Gasteiger partial charge in [0.25, 0.3) is 0 Å². The maximum Gasteiger partial charge on any atom is 0.416 e. The maximum atomic E-state index is 13.2. The summed E-state index contributed by atoms with van der Waals surface area (Å²) >= 11 is 0. The van der Waals surface area contributed by atoms with Crippen LogP contribution in [0.4, 0.5) is 26.3 Å². The second-order valence-corrected chi connectivity index (χ2v) is 6.80. The molecule has 33 heavy (non-hydrogen) atoms. The van der Waals surface area contributed by atoms with Gasteiger partial charge in [0.2, 0.25) is 0 Å². The number of hydrogen-bond donors (Lipinski definition) is 1. The molecule has 1 aromatic carbocycles. The number of halogens is 6. The summed E-state index contributed by atoms with van der Waals surface area (Å²) in [5, 5.41) is 18.4. The summed E-state index contributed by atoms with van der Waals surface area (Å²) in [6, 6.07) is 4.09. The molecule has 0 aliphatic rings. The summed E-state index contributed by atoms with van der Waals surface area (Å²) in [6.07, 6.45) is -1.02. The van der Waals surface area contributed by atoms with E-state index in [1.807, 2.05) is 0 Å². The van der Waals surface area contributed by atoms with Gasteiger partial charge in [0.05, 0.1) is 11.1 Å². The number of nitrogens with zero attached hydrogens (tertiary/aromatic N) is 3. The number of carbonyl (C=O) groups is 1. The van der Waals surface area contributed by atoms with Crippen LogP contribution in [0.25, 0.3) is 17.1 Å². The molecule has 2 aromatic heterocycles. The van der Waals surface area contributed by atoms with Gasteiger partial charge >= 0.3 is 18.3 Å². The summed E-state index contributed by atoms with van der Waals surface area (Å²) in [5.74, 6) is 0.825. The quantitative estimate of drug-likeness (QED) is 0.253. The van der Waals surface area contributed by atoms with Gasteiger partial charge in [-0.05, 0) is 35.9 Å². The number of hydrogen-bond acceptors (Lipinski definition) is 3. The number of rotatable bonds is 4. The highest BCUT2D eigenvalue weighted by atomic mass is 19.4. The molecule has 0 fully saturated rings. The van der Waals surface area contributed by atoms with Crippen molar-refractivity contribution in [3.05, 3.63) is 70.0 Å². The van der Waals surface area contributed by atoms with Crippen LogP contribution in [0.15, 0.2) is 42.2 Å². The van der Waals surface area contributed by atoms with Crippen molar-refractivity contribution in [3.8, 4) is 18.4 Å². The van der Waals surface area contributed by atoms with Gasteiger partial charge in [-0.15, -0.1) is 6.42 Å². The molecule has 5 nitrogen and oxygen atoms in total. The Bertz CT molecular complexity index is 1340. The van der Waals surface area contributed by atoms with Crippen molar-refractivity contribution in [1.82, 2.24) is 9.55 Å². The van der Waals surface area contributed by atoms with Crippen LogP contribution >= 0.6 is 0 Å². The summed E-state index contributed by atoms with van der Waals surface area (Å²) in [5.41, 5.74) is -3.47. The van der Waals surface area contributed by atoms with Crippen molar-refractivity contribution in [2.45, 2.75) is 18.9 Å². The van der Waals surface area contributed by atoms with Crippen molar-refractivity contribution in [2.75, 3.05) is 0 Å². The van der Waals surface area contributed by atoms with Crippen LogP contribution in [0.2, 0.25) is 0 Å². The number of carboxylic acid groups (broad SMARTS) is 1. The third-order valence-corrected chi connectivity index (χ3v) is 4.59. The molecule has 2 heterocycles. The molecule has 0 unspecified atom stereocenters. The molecule has 0 aliphatic heterocycles. The molecule has 0 spiro atoms. The Hall–Kier alpha value is -4.25. The number of carboxylic acids is 1. The standard InChI is InChI=1S/C22H11F6N3O2/c1-2-13-3-4-30-19-18(13)15(7-14(9-29)20(32)33)11-31(19)10-12-5-16(21(23,24)25)8-17(6-12)22(26,27)28/h1,3-8,11H,10H2,(H,32,33)/b14-7+. The Morgan fingerprint density at radius 1 is 1.15 bits per heavy atom. The van der Waals surface area contributed by atoms with Gasteiger partial charge in [-0.2, -0.15) is 31.6 Å². The number of nitriles is 1. The van der Waals surface area contributed by atoms with Gasteiger partial charge in [0, 0.05) is 35.5 Å². The first kappa shape index (κ1) is 23.4. The van der Waals surface area contributed by atoms with Gasteiger partial charge in [-0.1, -0.05) is 5.92 Å². The molecule has 0 radical (unpaired) electrons. The molecule has 11 heteroatoms. The number of benzene rings is 1. The summed E-state index contributed by atoms with van der Waals surface area (Å²) in [6.45, 7) is -0.465. The van der Waals surface area contributed by atoms with E-state index in [4.69, 9.17) is 16.8 Å². The highest BCUT2D eigenvalue weighted by Crippen LogP contribution is 2.37. The van der Waals surface area contributed by atoms with Crippen LogP contribution in [0, 0.1) is 23.7 Å². The van der Waals surface area contributed by atoms with E-state index in [1.165, 1.54) is 29.1 Å². The lowest BCUT2D eigenvalue weighted by atomic mass is 10.0. The Kier molecular flexibility index (Phi) is 5.93. The van der Waals surface area contributed by atoms with E-state index in [1.54, 1.807) is 0 Å². The lowest BCUT2D eigenvalue weighted by Gasteiger charge is -2.15. The summed E-state index contributed by atoms with van der Waals surface area (Å²) in [4.78, 5) is 15.3. The van der Waals surface area contributed by atoms with Crippen LogP contribution in [0.5, 0.6) is 0 Å². The Morgan fingerprint density at radius 3 is 2.24 bits per heavy atom. The highest BCUT2D eigenvalue weighted by molar-refractivity contribution is 6.01. The molecular weight excluding hydrogens is 452 g/mol. The van der Waals surface area contributed by atoms with Crippen LogP contribution < -0.4 is 0 Å². The molecule has 1 N–H and O–H groups in total. The molecule has 0 saturated heterocycles. The monoisotopic (exact) mass is 463 g/mol. The molecule has 0 amide bonds. The van der Waals surface area contributed by atoms with E-state index in [9.17, 15) is 31.1 Å². The zero-order valence-electron chi connectivity index (χ0n) is 16.3. The number of aromatic nitrogens is 2. The van der Waals surface area contributed by atoms with Crippen molar-refractivity contribution >= 4 is 23.1 Å². The average molecular weight is 463 g/mol. The van der Waals surface area contributed by atoms with Crippen LogP contribution in [0.1, 0.15) is 27.8 Å². The zero-order valence-corrected chi connectivity index (χ0v) is 16.3. The molecule has 0 bridgehead atoms. The Morgan fingerprint density at radius 2 is 1.76 bits per heavy atom. The lowest BCUT2D eigenvalue weighted by Crippen LogP contribution is -2.12. The largest absolute Gasteiger partial charge is 0.477 e. The average Bonchev–Trinajstić information content (AvgIpc) is 3.07. The lowest BCUT2D eigenvalue weighted by molar-refractivity contribution is -0.143. The second kappa shape index (κ2) is 8.36. The molecule has 168 valence electrons. The third kappa shape index (κ3) is 4.83. The predicted octanol–water partition coefficient (Wildman–Crippen LogP) is 5.10. The summed E-state index contributed by atoms with van der Waals surface area (Å²) in [7, 11) is 0. The minimum atomic E-state index is -5.01. The van der Waals surface area contributed by atoms with Gasteiger partial charge in [0.1, 0.15) is 17.3 Å².